The van der Waals surface area contributed by atoms with E-state index in [9.17, 15) is 50.1 Å². The van der Waals surface area contributed by atoms with Gasteiger partial charge in [-0.25, -0.2) is 0 Å². The van der Waals surface area contributed by atoms with Crippen LogP contribution in [-0.4, -0.2) is 134 Å². The van der Waals surface area contributed by atoms with Crippen LogP contribution in [0.4, 0.5) is 0 Å². The Morgan fingerprint density at radius 2 is 1.41 bits per heavy atom. The molecular formula is C41H58O15. The number of hydrogen-bond donors (Lipinski definition) is 7. The van der Waals surface area contributed by atoms with E-state index >= 15 is 0 Å². The highest BCUT2D eigenvalue weighted by atomic mass is 16.7. The van der Waals surface area contributed by atoms with Crippen molar-refractivity contribution in [2.24, 2.45) is 5.41 Å². The summed E-state index contributed by atoms with van der Waals surface area (Å²) in [7, 11) is 0. The van der Waals surface area contributed by atoms with Crippen LogP contribution in [0.25, 0.3) is 0 Å². The van der Waals surface area contributed by atoms with Crippen LogP contribution >= 0.6 is 0 Å². The van der Waals surface area contributed by atoms with Crippen molar-refractivity contribution in [2.45, 2.75) is 135 Å². The zero-order valence-electron chi connectivity index (χ0n) is 33.0. The highest BCUT2D eigenvalue weighted by Crippen LogP contribution is 2.41. The zero-order chi connectivity index (χ0) is 41.9. The molecule has 0 aromatic heterocycles. The fourth-order valence-electron chi connectivity index (χ4n) is 6.35. The molecule has 2 aliphatic heterocycles. The Morgan fingerprint density at radius 1 is 0.786 bits per heavy atom. The molecule has 1 aliphatic carbocycles. The topological polar surface area (TPSA) is 239 Å². The van der Waals surface area contributed by atoms with Crippen LogP contribution in [0.3, 0.4) is 0 Å². The van der Waals surface area contributed by atoms with Gasteiger partial charge in [-0.1, -0.05) is 85.3 Å². The predicted molar refractivity (Wildman–Crippen MR) is 202 cm³/mol. The van der Waals surface area contributed by atoms with Crippen molar-refractivity contribution in [3.63, 3.8) is 0 Å². The Hall–Kier alpha value is -3.61. The minimum absolute atomic E-state index is 0.220. The number of Topliss-reactive ketones (excluding diaryl/α,β-unsaturated/α-hetero) is 1. The van der Waals surface area contributed by atoms with Crippen molar-refractivity contribution in [3.05, 3.63) is 82.5 Å². The first-order valence-corrected chi connectivity index (χ1v) is 18.5. The molecule has 2 heterocycles. The maximum Gasteiger partial charge on any atom is 0.307 e. The Balaban J connectivity index is 1.56. The van der Waals surface area contributed by atoms with E-state index < -0.39 is 111 Å². The summed E-state index contributed by atoms with van der Waals surface area (Å²) in [6, 6.07) is 0. The Bertz CT molecular complexity index is 1590. The van der Waals surface area contributed by atoms with Crippen LogP contribution in [0.1, 0.15) is 67.7 Å². The van der Waals surface area contributed by atoms with E-state index in [0.29, 0.717) is 5.57 Å². The molecule has 0 aromatic rings. The van der Waals surface area contributed by atoms with Gasteiger partial charge in [-0.3, -0.25) is 14.4 Å². The number of aliphatic hydroxyl groups is 7. The number of ketones is 1. The maximum absolute atomic E-state index is 13.3. The number of rotatable bonds is 15. The van der Waals surface area contributed by atoms with Gasteiger partial charge in [0.05, 0.1) is 19.4 Å². The first kappa shape index (κ1) is 46.8. The van der Waals surface area contributed by atoms with Gasteiger partial charge in [0, 0.05) is 6.42 Å². The van der Waals surface area contributed by atoms with E-state index in [1.54, 1.807) is 6.92 Å². The Kier molecular flexibility index (Phi) is 17.7. The number of allylic oxidation sites excluding steroid dienone is 13. The first-order valence-electron chi connectivity index (χ1n) is 18.5. The summed E-state index contributed by atoms with van der Waals surface area (Å²) in [5, 5.41) is 70.7. The highest BCUT2D eigenvalue weighted by Gasteiger charge is 2.50. The summed E-state index contributed by atoms with van der Waals surface area (Å²) in [5.74, 6) is -2.06. The number of hydrogen-bond acceptors (Lipinski definition) is 15. The highest BCUT2D eigenvalue weighted by molar-refractivity contribution is 6.01. The molecule has 0 bridgehead atoms. The fourth-order valence-corrected chi connectivity index (χ4v) is 6.35. The van der Waals surface area contributed by atoms with E-state index in [-0.39, 0.29) is 12.2 Å². The number of aliphatic hydroxyl groups excluding tert-OH is 7. The normalized spacial score (nSPS) is 33.0. The fraction of sp³-hybridized carbons (Fsp3) is 0.585. The van der Waals surface area contributed by atoms with Crippen molar-refractivity contribution in [1.29, 1.82) is 0 Å². The van der Waals surface area contributed by atoms with Crippen LogP contribution < -0.4 is 0 Å². The number of carbonyl (C=O) groups is 3. The molecule has 3 rings (SSSR count). The monoisotopic (exact) mass is 790 g/mol. The van der Waals surface area contributed by atoms with Gasteiger partial charge in [0.25, 0.3) is 0 Å². The summed E-state index contributed by atoms with van der Waals surface area (Å²) < 4.78 is 26.8. The molecule has 15 heteroatoms. The van der Waals surface area contributed by atoms with Crippen molar-refractivity contribution < 1.29 is 73.8 Å². The average molecular weight is 791 g/mol. The maximum atomic E-state index is 13.3. The molecule has 7 N–H and O–H groups in total. The average Bonchev–Trinajstić information content (AvgIpc) is 3.13. The van der Waals surface area contributed by atoms with E-state index in [2.05, 4.69) is 0 Å². The SMILES string of the molecule is CC(C)=CC=CC=C(C)C=CC=C(C)C=CC1=C(C)C(=O)C(OC(=O)CCC(=O)OCC2OC(O)C(O)C(O)C2OC2OC(CO)C(O)C(O)C2O)CC1(C)C. The van der Waals surface area contributed by atoms with Gasteiger partial charge in [-0.2, -0.15) is 0 Å². The van der Waals surface area contributed by atoms with Gasteiger partial charge < -0.3 is 59.4 Å². The van der Waals surface area contributed by atoms with E-state index in [1.807, 2.05) is 96.2 Å². The molecule has 15 nitrogen and oxygen atoms in total. The van der Waals surface area contributed by atoms with Gasteiger partial charge in [0.15, 0.2) is 24.5 Å². The molecule has 2 fully saturated rings. The number of esters is 2. The Labute approximate surface area is 327 Å². The minimum Gasteiger partial charge on any atom is -0.463 e. The second-order valence-corrected chi connectivity index (χ2v) is 15.1. The summed E-state index contributed by atoms with van der Waals surface area (Å²) >= 11 is 0. The van der Waals surface area contributed by atoms with Crippen molar-refractivity contribution in [1.82, 2.24) is 0 Å². The van der Waals surface area contributed by atoms with Crippen LogP contribution in [0.5, 0.6) is 0 Å². The number of ether oxygens (including phenoxy) is 5. The lowest BCUT2D eigenvalue weighted by Gasteiger charge is -2.45. The quantitative estimate of drug-likeness (QED) is 0.0923. The molecular weight excluding hydrogens is 732 g/mol. The second-order valence-electron chi connectivity index (χ2n) is 15.1. The predicted octanol–water partition coefficient (Wildman–Crippen LogP) is 1.69. The third kappa shape index (κ3) is 13.0. The molecule has 11 unspecified atom stereocenters. The summed E-state index contributed by atoms with van der Waals surface area (Å²) in [6.45, 7) is 12.2. The van der Waals surface area contributed by atoms with Crippen LogP contribution in [0, 0.1) is 5.41 Å². The number of carbonyl (C=O) groups excluding carboxylic acids is 3. The summed E-state index contributed by atoms with van der Waals surface area (Å²) in [4.78, 5) is 38.7. The van der Waals surface area contributed by atoms with E-state index in [0.717, 1.165) is 16.7 Å². The molecule has 0 saturated carbocycles. The van der Waals surface area contributed by atoms with Gasteiger partial charge in [0.1, 0.15) is 55.4 Å². The first-order chi connectivity index (χ1) is 26.3. The molecule has 0 spiro atoms. The third-order valence-electron chi connectivity index (χ3n) is 9.64. The summed E-state index contributed by atoms with van der Waals surface area (Å²) in [6.07, 6.45) is -1.18. The van der Waals surface area contributed by atoms with Crippen molar-refractivity contribution in [3.8, 4) is 0 Å². The smallest absolute Gasteiger partial charge is 0.307 e. The summed E-state index contributed by atoms with van der Waals surface area (Å²) in [5.41, 5.74) is 4.02. The molecule has 11 atom stereocenters. The molecule has 0 aromatic carbocycles. The van der Waals surface area contributed by atoms with Gasteiger partial charge in [-0.05, 0) is 51.2 Å². The molecule has 56 heavy (non-hydrogen) atoms. The van der Waals surface area contributed by atoms with Crippen LogP contribution in [-0.2, 0) is 38.1 Å². The van der Waals surface area contributed by atoms with E-state index in [4.69, 9.17) is 23.7 Å². The largest absolute Gasteiger partial charge is 0.463 e. The van der Waals surface area contributed by atoms with Crippen LogP contribution in [0.15, 0.2) is 82.5 Å². The Morgan fingerprint density at radius 3 is 2.07 bits per heavy atom. The van der Waals surface area contributed by atoms with Crippen molar-refractivity contribution >= 4 is 17.7 Å². The lowest BCUT2D eigenvalue weighted by Crippen LogP contribution is -2.64. The molecule has 3 aliphatic rings. The zero-order valence-corrected chi connectivity index (χ0v) is 33.0. The van der Waals surface area contributed by atoms with Crippen LogP contribution in [0.2, 0.25) is 0 Å². The molecule has 0 radical (unpaired) electrons. The van der Waals surface area contributed by atoms with Crippen molar-refractivity contribution in [2.75, 3.05) is 13.2 Å². The van der Waals surface area contributed by atoms with E-state index in [1.165, 1.54) is 5.57 Å². The second kappa shape index (κ2) is 21.2. The third-order valence-corrected chi connectivity index (χ3v) is 9.64. The van der Waals surface area contributed by atoms with Gasteiger partial charge >= 0.3 is 11.9 Å². The molecule has 2 saturated heterocycles. The van der Waals surface area contributed by atoms with Gasteiger partial charge in [-0.15, -0.1) is 0 Å². The molecule has 312 valence electrons. The van der Waals surface area contributed by atoms with Gasteiger partial charge in [0.2, 0.25) is 0 Å². The minimum atomic E-state index is -1.93. The lowest BCUT2D eigenvalue weighted by atomic mass is 9.71. The molecule has 0 amide bonds. The standard InChI is InChI=1S/C41H58O15/c1-22(2)11-8-9-12-23(3)13-10-14-24(4)15-16-26-25(5)32(45)27(19-41(26,6)7)53-31(44)18-17-30(43)52-21-29-38(35(48)36(49)39(51)54-29)56-40-37(50)34(47)33(46)28(20-42)55-40/h8-16,27-29,33-40,42,46-51H,17-21H2,1-7H3. The lowest BCUT2D eigenvalue weighted by molar-refractivity contribution is -0.355.